The average molecular weight is 141 g/mol. The Labute approximate surface area is 62.2 Å². The quantitative estimate of drug-likeness (QED) is 0.496. The Balaban J connectivity index is 2.10. The smallest absolute Gasteiger partial charge is 0.0679 e. The summed E-state index contributed by atoms with van der Waals surface area (Å²) in [4.78, 5) is 2.48. The summed E-state index contributed by atoms with van der Waals surface area (Å²) in [7, 11) is 2.22. The summed E-state index contributed by atoms with van der Waals surface area (Å²) in [6.07, 6.45) is 2.69. The van der Waals surface area contributed by atoms with Crippen molar-refractivity contribution in [1.29, 1.82) is 0 Å². The second-order valence-electron chi connectivity index (χ2n) is 3.72. The summed E-state index contributed by atoms with van der Waals surface area (Å²) in [6, 6.07) is 0.767. The van der Waals surface area contributed by atoms with Crippen LogP contribution in [0.25, 0.3) is 0 Å². The van der Waals surface area contributed by atoms with Crippen LogP contribution in [0, 0.1) is 0 Å². The molecular formula is C8H15NO. The van der Waals surface area contributed by atoms with Crippen molar-refractivity contribution in [2.45, 2.75) is 31.3 Å². The van der Waals surface area contributed by atoms with Crippen LogP contribution in [0.5, 0.6) is 0 Å². The molecule has 0 aromatic heterocycles. The van der Waals surface area contributed by atoms with Crippen molar-refractivity contribution < 1.29 is 4.74 Å². The van der Waals surface area contributed by atoms with Crippen LogP contribution in [0.4, 0.5) is 0 Å². The Morgan fingerprint density at radius 1 is 1.50 bits per heavy atom. The number of likely N-dealkylation sites (N-methyl/N-ethyl adjacent to an activating group) is 1. The zero-order valence-electron chi connectivity index (χ0n) is 6.76. The van der Waals surface area contributed by atoms with Crippen LogP contribution in [0.1, 0.15) is 19.8 Å². The second kappa shape index (κ2) is 1.95. The Morgan fingerprint density at radius 2 is 2.20 bits per heavy atom. The molecule has 1 atom stereocenters. The van der Waals surface area contributed by atoms with Crippen LogP contribution in [-0.2, 0) is 4.74 Å². The molecule has 0 radical (unpaired) electrons. The van der Waals surface area contributed by atoms with Crippen LogP contribution in [0.2, 0.25) is 0 Å². The number of hydrogen-bond acceptors (Lipinski definition) is 2. The lowest BCUT2D eigenvalue weighted by atomic mass is 9.95. The normalized spacial score (nSPS) is 38.4. The molecule has 2 aliphatic rings. The van der Waals surface area contributed by atoms with Gasteiger partial charge >= 0.3 is 0 Å². The number of ether oxygens (including phenoxy) is 1. The molecule has 2 aliphatic heterocycles. The minimum atomic E-state index is 0.458. The van der Waals surface area contributed by atoms with Gasteiger partial charge in [0.2, 0.25) is 0 Å². The molecular weight excluding hydrogens is 126 g/mol. The number of rotatable bonds is 0. The number of hydrogen-bond donors (Lipinski definition) is 0. The Hall–Kier alpha value is -0.0800. The third kappa shape index (κ3) is 0.663. The third-order valence-corrected chi connectivity index (χ3v) is 3.18. The molecule has 1 spiro atoms. The first-order valence-corrected chi connectivity index (χ1v) is 4.05. The Morgan fingerprint density at radius 3 is 2.40 bits per heavy atom. The molecule has 0 bridgehead atoms. The van der Waals surface area contributed by atoms with E-state index in [0.717, 1.165) is 19.3 Å². The largest absolute Gasteiger partial charge is 0.377 e. The van der Waals surface area contributed by atoms with Crippen LogP contribution in [0.15, 0.2) is 0 Å². The predicted molar refractivity (Wildman–Crippen MR) is 40.0 cm³/mol. The van der Waals surface area contributed by atoms with E-state index in [9.17, 15) is 0 Å². The molecule has 2 fully saturated rings. The zero-order chi connectivity index (χ0) is 7.19. The Bertz CT molecular complexity index is 142. The van der Waals surface area contributed by atoms with E-state index in [0.29, 0.717) is 5.54 Å². The van der Waals surface area contributed by atoms with Gasteiger partial charge < -0.3 is 4.74 Å². The maximum atomic E-state index is 5.24. The van der Waals surface area contributed by atoms with Gasteiger partial charge in [-0.15, -0.1) is 0 Å². The topological polar surface area (TPSA) is 12.5 Å². The molecule has 0 saturated carbocycles. The van der Waals surface area contributed by atoms with Gasteiger partial charge in [-0.1, -0.05) is 0 Å². The van der Waals surface area contributed by atoms with Crippen LogP contribution < -0.4 is 0 Å². The first kappa shape index (κ1) is 6.62. The SMILES string of the molecule is CC1CCC2(COC2)N1C. The molecule has 2 saturated heterocycles. The monoisotopic (exact) mass is 141 g/mol. The highest BCUT2D eigenvalue weighted by molar-refractivity contribution is 5.02. The van der Waals surface area contributed by atoms with E-state index in [1.807, 2.05) is 0 Å². The lowest BCUT2D eigenvalue weighted by Crippen LogP contribution is -2.58. The average Bonchev–Trinajstić information content (AvgIpc) is 2.10. The Kier molecular flexibility index (Phi) is 1.29. The lowest BCUT2D eigenvalue weighted by molar-refractivity contribution is -0.121. The van der Waals surface area contributed by atoms with Gasteiger partial charge in [-0.05, 0) is 26.8 Å². The maximum Gasteiger partial charge on any atom is 0.0679 e. The number of likely N-dealkylation sites (tertiary alicyclic amines) is 1. The van der Waals surface area contributed by atoms with Crippen LogP contribution in [0.3, 0.4) is 0 Å². The molecule has 58 valence electrons. The van der Waals surface area contributed by atoms with Gasteiger partial charge in [-0.3, -0.25) is 4.90 Å². The van der Waals surface area contributed by atoms with Crippen LogP contribution in [-0.4, -0.2) is 36.7 Å². The third-order valence-electron chi connectivity index (χ3n) is 3.18. The van der Waals surface area contributed by atoms with Gasteiger partial charge in [-0.2, -0.15) is 0 Å². The van der Waals surface area contributed by atoms with E-state index < -0.39 is 0 Å². The van der Waals surface area contributed by atoms with Crippen molar-refractivity contribution in [3.05, 3.63) is 0 Å². The predicted octanol–water partition coefficient (Wildman–Crippen LogP) is 0.870. The summed E-state index contributed by atoms with van der Waals surface area (Å²) in [5, 5.41) is 0. The molecule has 2 heterocycles. The molecule has 0 aliphatic carbocycles. The van der Waals surface area contributed by atoms with Gasteiger partial charge in [0.1, 0.15) is 0 Å². The van der Waals surface area contributed by atoms with E-state index in [4.69, 9.17) is 4.74 Å². The van der Waals surface area contributed by atoms with E-state index >= 15 is 0 Å². The summed E-state index contributed by atoms with van der Waals surface area (Å²) >= 11 is 0. The lowest BCUT2D eigenvalue weighted by Gasteiger charge is -2.44. The highest BCUT2D eigenvalue weighted by Crippen LogP contribution is 2.37. The molecule has 10 heavy (non-hydrogen) atoms. The summed E-state index contributed by atoms with van der Waals surface area (Å²) in [6.45, 7) is 4.23. The van der Waals surface area contributed by atoms with Crippen molar-refractivity contribution in [1.82, 2.24) is 4.90 Å². The molecule has 2 heteroatoms. The van der Waals surface area contributed by atoms with E-state index in [1.54, 1.807) is 0 Å². The fraction of sp³-hybridized carbons (Fsp3) is 1.00. The first-order chi connectivity index (χ1) is 4.75. The standard InChI is InChI=1S/C8H15NO/c1-7-3-4-8(9(7)2)5-10-6-8/h7H,3-6H2,1-2H3. The second-order valence-corrected chi connectivity index (χ2v) is 3.72. The van der Waals surface area contributed by atoms with Crippen molar-refractivity contribution in [3.8, 4) is 0 Å². The molecule has 2 rings (SSSR count). The van der Waals surface area contributed by atoms with E-state index in [-0.39, 0.29) is 0 Å². The van der Waals surface area contributed by atoms with Gasteiger partial charge in [-0.25, -0.2) is 0 Å². The van der Waals surface area contributed by atoms with E-state index in [2.05, 4.69) is 18.9 Å². The van der Waals surface area contributed by atoms with Crippen LogP contribution >= 0.6 is 0 Å². The summed E-state index contributed by atoms with van der Waals surface area (Å²) in [5.41, 5.74) is 0.458. The highest BCUT2D eigenvalue weighted by Gasteiger charge is 2.47. The molecule has 1 unspecified atom stereocenters. The minimum absolute atomic E-state index is 0.458. The van der Waals surface area contributed by atoms with Gasteiger partial charge in [0.05, 0.1) is 18.8 Å². The molecule has 0 aromatic rings. The zero-order valence-corrected chi connectivity index (χ0v) is 6.76. The van der Waals surface area contributed by atoms with E-state index in [1.165, 1.54) is 12.8 Å². The fourth-order valence-electron chi connectivity index (χ4n) is 2.00. The van der Waals surface area contributed by atoms with Gasteiger partial charge in [0.25, 0.3) is 0 Å². The van der Waals surface area contributed by atoms with Crippen molar-refractivity contribution in [2.75, 3.05) is 20.3 Å². The van der Waals surface area contributed by atoms with Crippen molar-refractivity contribution in [2.24, 2.45) is 0 Å². The van der Waals surface area contributed by atoms with Gasteiger partial charge in [0.15, 0.2) is 0 Å². The molecule has 0 N–H and O–H groups in total. The fourth-order valence-corrected chi connectivity index (χ4v) is 2.00. The number of nitrogens with zero attached hydrogens (tertiary/aromatic N) is 1. The van der Waals surface area contributed by atoms with Crippen molar-refractivity contribution in [3.63, 3.8) is 0 Å². The molecule has 2 nitrogen and oxygen atoms in total. The van der Waals surface area contributed by atoms with Crippen molar-refractivity contribution >= 4 is 0 Å². The summed E-state index contributed by atoms with van der Waals surface area (Å²) < 4.78 is 5.24. The maximum absolute atomic E-state index is 5.24. The first-order valence-electron chi connectivity index (χ1n) is 4.05. The van der Waals surface area contributed by atoms with Gasteiger partial charge in [0, 0.05) is 6.04 Å². The molecule has 0 aromatic carbocycles. The molecule has 0 amide bonds. The minimum Gasteiger partial charge on any atom is -0.377 e. The highest BCUT2D eigenvalue weighted by atomic mass is 16.5. The summed E-state index contributed by atoms with van der Waals surface area (Å²) in [5.74, 6) is 0.